The molecule has 0 atom stereocenters. The SMILES string of the molecule is N#Cc1c(N)cc(=O)n(-c2ccccc2)c1O. The van der Waals surface area contributed by atoms with Crippen molar-refractivity contribution in [1.82, 2.24) is 4.57 Å². The Morgan fingerprint density at radius 3 is 2.53 bits per heavy atom. The number of nitriles is 1. The summed E-state index contributed by atoms with van der Waals surface area (Å²) >= 11 is 0. The van der Waals surface area contributed by atoms with Crippen LogP contribution in [0.2, 0.25) is 0 Å². The minimum atomic E-state index is -0.481. The van der Waals surface area contributed by atoms with Gasteiger partial charge in [0.1, 0.15) is 11.6 Å². The summed E-state index contributed by atoms with van der Waals surface area (Å²) < 4.78 is 1.04. The van der Waals surface area contributed by atoms with Gasteiger partial charge >= 0.3 is 0 Å². The summed E-state index contributed by atoms with van der Waals surface area (Å²) in [5.41, 5.74) is 5.35. The van der Waals surface area contributed by atoms with E-state index in [-0.39, 0.29) is 11.3 Å². The van der Waals surface area contributed by atoms with Crippen molar-refractivity contribution < 1.29 is 5.11 Å². The average Bonchev–Trinajstić information content (AvgIpc) is 2.30. The molecule has 1 aromatic carbocycles. The number of nitrogens with two attached hydrogens (primary N) is 1. The summed E-state index contributed by atoms with van der Waals surface area (Å²) in [6.07, 6.45) is 0. The van der Waals surface area contributed by atoms with Crippen molar-refractivity contribution in [2.75, 3.05) is 5.73 Å². The molecule has 0 saturated heterocycles. The topological polar surface area (TPSA) is 92.0 Å². The monoisotopic (exact) mass is 227 g/mol. The van der Waals surface area contributed by atoms with E-state index in [0.29, 0.717) is 5.69 Å². The summed E-state index contributed by atoms with van der Waals surface area (Å²) in [7, 11) is 0. The first-order valence-corrected chi connectivity index (χ1v) is 4.85. The van der Waals surface area contributed by atoms with Gasteiger partial charge in [0.25, 0.3) is 5.56 Å². The number of rotatable bonds is 1. The van der Waals surface area contributed by atoms with Crippen molar-refractivity contribution in [1.29, 1.82) is 5.26 Å². The lowest BCUT2D eigenvalue weighted by molar-refractivity contribution is 0.434. The normalized spacial score (nSPS) is 9.82. The Hall–Kier alpha value is -2.74. The van der Waals surface area contributed by atoms with Crippen molar-refractivity contribution in [2.45, 2.75) is 0 Å². The van der Waals surface area contributed by atoms with Gasteiger partial charge in [0.2, 0.25) is 5.88 Å². The largest absolute Gasteiger partial charge is 0.493 e. The molecule has 0 aliphatic carbocycles. The van der Waals surface area contributed by atoms with Crippen molar-refractivity contribution in [3.8, 4) is 17.6 Å². The van der Waals surface area contributed by atoms with E-state index in [9.17, 15) is 9.90 Å². The zero-order valence-corrected chi connectivity index (χ0v) is 8.79. The summed E-state index contributed by atoms with van der Waals surface area (Å²) in [4.78, 5) is 11.7. The van der Waals surface area contributed by atoms with Crippen LogP contribution in [0.3, 0.4) is 0 Å². The summed E-state index contributed by atoms with van der Waals surface area (Å²) in [5.74, 6) is -0.441. The van der Waals surface area contributed by atoms with E-state index < -0.39 is 11.4 Å². The molecule has 2 rings (SSSR count). The minimum absolute atomic E-state index is 0.0258. The third kappa shape index (κ3) is 1.72. The third-order valence-corrected chi connectivity index (χ3v) is 2.35. The maximum Gasteiger partial charge on any atom is 0.260 e. The molecule has 0 amide bonds. The zero-order valence-electron chi connectivity index (χ0n) is 8.79. The number of nitrogen functional groups attached to an aromatic ring is 1. The molecule has 84 valence electrons. The number of hydrogen-bond acceptors (Lipinski definition) is 4. The molecule has 0 saturated carbocycles. The lowest BCUT2D eigenvalue weighted by Crippen LogP contribution is -2.19. The van der Waals surface area contributed by atoms with E-state index in [1.165, 1.54) is 0 Å². The fourth-order valence-electron chi connectivity index (χ4n) is 1.56. The highest BCUT2D eigenvalue weighted by atomic mass is 16.3. The third-order valence-electron chi connectivity index (χ3n) is 2.35. The molecule has 0 aliphatic rings. The Kier molecular flexibility index (Phi) is 2.55. The maximum atomic E-state index is 11.7. The van der Waals surface area contributed by atoms with Gasteiger partial charge in [-0.15, -0.1) is 0 Å². The van der Waals surface area contributed by atoms with Crippen LogP contribution in [-0.2, 0) is 0 Å². The average molecular weight is 227 g/mol. The summed E-state index contributed by atoms with van der Waals surface area (Å²) in [5, 5.41) is 18.7. The molecule has 17 heavy (non-hydrogen) atoms. The summed E-state index contributed by atoms with van der Waals surface area (Å²) in [6.45, 7) is 0. The molecule has 5 nitrogen and oxygen atoms in total. The molecule has 5 heteroatoms. The van der Waals surface area contributed by atoms with Crippen molar-refractivity contribution in [3.63, 3.8) is 0 Å². The van der Waals surface area contributed by atoms with Crippen LogP contribution >= 0.6 is 0 Å². The Morgan fingerprint density at radius 2 is 1.94 bits per heavy atom. The van der Waals surface area contributed by atoms with E-state index >= 15 is 0 Å². The summed E-state index contributed by atoms with van der Waals surface area (Å²) in [6, 6.07) is 11.4. The standard InChI is InChI=1S/C12H9N3O2/c13-7-9-10(14)6-11(16)15(12(9)17)8-4-2-1-3-5-8/h1-6,17H,14H2. The molecule has 0 spiro atoms. The van der Waals surface area contributed by atoms with E-state index in [2.05, 4.69) is 0 Å². The lowest BCUT2D eigenvalue weighted by Gasteiger charge is -2.10. The van der Waals surface area contributed by atoms with Gasteiger partial charge in [-0.2, -0.15) is 5.26 Å². The van der Waals surface area contributed by atoms with Gasteiger partial charge in [-0.25, -0.2) is 4.57 Å². The van der Waals surface area contributed by atoms with Gasteiger partial charge in [-0.3, -0.25) is 4.79 Å². The molecule has 0 bridgehead atoms. The van der Waals surface area contributed by atoms with Gasteiger partial charge in [-0.1, -0.05) is 18.2 Å². The Labute approximate surface area is 97.0 Å². The quantitative estimate of drug-likeness (QED) is 0.760. The first-order chi connectivity index (χ1) is 8.15. The van der Waals surface area contributed by atoms with E-state index in [1.807, 2.05) is 0 Å². The molecule has 0 unspecified atom stereocenters. The molecule has 3 N–H and O–H groups in total. The predicted molar refractivity (Wildman–Crippen MR) is 62.8 cm³/mol. The number of hydrogen-bond donors (Lipinski definition) is 2. The number of aromatic hydroxyl groups is 1. The van der Waals surface area contributed by atoms with Gasteiger partial charge < -0.3 is 10.8 Å². The Bertz CT molecular complexity index is 654. The van der Waals surface area contributed by atoms with Crippen LogP contribution in [0.5, 0.6) is 5.88 Å². The lowest BCUT2D eigenvalue weighted by atomic mass is 10.2. The van der Waals surface area contributed by atoms with Crippen LogP contribution in [0.15, 0.2) is 41.2 Å². The second kappa shape index (κ2) is 4.02. The second-order valence-electron chi connectivity index (χ2n) is 3.42. The van der Waals surface area contributed by atoms with Gasteiger partial charge in [0.15, 0.2) is 0 Å². The highest BCUT2D eigenvalue weighted by Crippen LogP contribution is 2.22. The Morgan fingerprint density at radius 1 is 1.29 bits per heavy atom. The van der Waals surface area contributed by atoms with Crippen LogP contribution < -0.4 is 11.3 Å². The highest BCUT2D eigenvalue weighted by molar-refractivity contribution is 5.59. The number of aromatic nitrogens is 1. The first-order valence-electron chi connectivity index (χ1n) is 4.85. The van der Waals surface area contributed by atoms with Crippen LogP contribution in [-0.4, -0.2) is 9.67 Å². The molecule has 1 aromatic heterocycles. The van der Waals surface area contributed by atoms with Gasteiger partial charge in [0, 0.05) is 6.07 Å². The van der Waals surface area contributed by atoms with Crippen LogP contribution in [0.1, 0.15) is 5.56 Å². The maximum absolute atomic E-state index is 11.7. The fourth-order valence-corrected chi connectivity index (χ4v) is 1.56. The molecule has 1 heterocycles. The molecular weight excluding hydrogens is 218 g/mol. The number of benzene rings is 1. The highest BCUT2D eigenvalue weighted by Gasteiger charge is 2.13. The minimum Gasteiger partial charge on any atom is -0.493 e. The number of anilines is 1. The van der Waals surface area contributed by atoms with E-state index in [4.69, 9.17) is 11.0 Å². The zero-order chi connectivity index (χ0) is 12.4. The number of nitrogens with zero attached hydrogens (tertiary/aromatic N) is 2. The van der Waals surface area contributed by atoms with E-state index in [0.717, 1.165) is 10.6 Å². The number of para-hydroxylation sites is 1. The van der Waals surface area contributed by atoms with Crippen molar-refractivity contribution >= 4 is 5.69 Å². The van der Waals surface area contributed by atoms with Crippen LogP contribution in [0, 0.1) is 11.3 Å². The van der Waals surface area contributed by atoms with E-state index in [1.54, 1.807) is 36.4 Å². The van der Waals surface area contributed by atoms with Crippen LogP contribution in [0.4, 0.5) is 5.69 Å². The van der Waals surface area contributed by atoms with Gasteiger partial charge in [-0.05, 0) is 12.1 Å². The fraction of sp³-hybridized carbons (Fsp3) is 0. The molecule has 2 aromatic rings. The smallest absolute Gasteiger partial charge is 0.260 e. The molecule has 0 fully saturated rings. The van der Waals surface area contributed by atoms with Crippen LogP contribution in [0.25, 0.3) is 5.69 Å². The van der Waals surface area contributed by atoms with Crippen molar-refractivity contribution in [2.24, 2.45) is 0 Å². The number of pyridine rings is 1. The second-order valence-corrected chi connectivity index (χ2v) is 3.42. The van der Waals surface area contributed by atoms with Crippen molar-refractivity contribution in [3.05, 3.63) is 52.3 Å². The molecule has 0 radical (unpaired) electrons. The predicted octanol–water partition coefficient (Wildman–Crippen LogP) is 0.997. The Balaban J connectivity index is 2.81. The molecule has 0 aliphatic heterocycles. The first kappa shape index (κ1) is 10.8. The van der Waals surface area contributed by atoms with Gasteiger partial charge in [0.05, 0.1) is 11.4 Å². The molecular formula is C12H9N3O2.